The molecule has 1 amide bonds. The molecule has 0 aliphatic heterocycles. The molecule has 0 bridgehead atoms. The Morgan fingerprint density at radius 1 is 1.32 bits per heavy atom. The SMILES string of the molecule is CC1=C(CSC(=N)N)CCCc2ccc(NC(=O)c3ccc(Cl)cn3)cc21.Cl. The third-order valence-electron chi connectivity index (χ3n) is 4.59. The van der Waals surface area contributed by atoms with E-state index >= 15 is 0 Å². The maximum Gasteiger partial charge on any atom is 0.274 e. The molecule has 0 unspecified atom stereocenters. The summed E-state index contributed by atoms with van der Waals surface area (Å²) < 4.78 is 0. The number of amides is 1. The van der Waals surface area contributed by atoms with Crippen LogP contribution < -0.4 is 11.1 Å². The van der Waals surface area contributed by atoms with Gasteiger partial charge in [-0.25, -0.2) is 4.98 Å². The minimum Gasteiger partial charge on any atom is -0.379 e. The smallest absolute Gasteiger partial charge is 0.274 e. The van der Waals surface area contributed by atoms with E-state index in [1.165, 1.54) is 34.7 Å². The van der Waals surface area contributed by atoms with Crippen molar-refractivity contribution < 1.29 is 4.79 Å². The Hall–Kier alpha value is -2.02. The van der Waals surface area contributed by atoms with Gasteiger partial charge in [0, 0.05) is 17.6 Å². The normalized spacial score (nSPS) is 13.2. The molecule has 8 heteroatoms. The van der Waals surface area contributed by atoms with Crippen molar-refractivity contribution in [2.45, 2.75) is 26.2 Å². The van der Waals surface area contributed by atoms with Gasteiger partial charge in [0.05, 0.1) is 5.02 Å². The number of nitrogens with two attached hydrogens (primary N) is 1. The molecule has 3 rings (SSSR count). The Bertz CT molecular complexity index is 913. The van der Waals surface area contributed by atoms with E-state index in [1.54, 1.807) is 12.1 Å². The second-order valence-electron chi connectivity index (χ2n) is 6.42. The number of amidine groups is 1. The zero-order chi connectivity index (χ0) is 19.4. The van der Waals surface area contributed by atoms with Crippen molar-refractivity contribution >= 4 is 58.1 Å². The molecule has 1 aromatic carbocycles. The fraction of sp³-hybridized carbons (Fsp3) is 0.250. The summed E-state index contributed by atoms with van der Waals surface area (Å²) in [5.74, 6) is 0.459. The molecular formula is C20H22Cl2N4OS. The zero-order valence-corrected chi connectivity index (χ0v) is 17.8. The Balaban J connectivity index is 0.00000280. The second-order valence-corrected chi connectivity index (χ2v) is 7.88. The number of nitrogens with one attached hydrogen (secondary N) is 2. The number of hydrogen-bond donors (Lipinski definition) is 3. The predicted octanol–water partition coefficient (Wildman–Crippen LogP) is 5.15. The largest absolute Gasteiger partial charge is 0.379 e. The van der Waals surface area contributed by atoms with Gasteiger partial charge >= 0.3 is 0 Å². The van der Waals surface area contributed by atoms with E-state index in [-0.39, 0.29) is 23.5 Å². The van der Waals surface area contributed by atoms with Crippen molar-refractivity contribution in [1.82, 2.24) is 4.98 Å². The summed E-state index contributed by atoms with van der Waals surface area (Å²) in [6.07, 6.45) is 4.52. The molecule has 0 saturated carbocycles. The fourth-order valence-corrected chi connectivity index (χ4v) is 3.94. The first-order valence-electron chi connectivity index (χ1n) is 8.65. The van der Waals surface area contributed by atoms with Crippen LogP contribution in [0.2, 0.25) is 5.02 Å². The molecule has 0 fully saturated rings. The van der Waals surface area contributed by atoms with Gasteiger partial charge in [-0.3, -0.25) is 10.2 Å². The quantitative estimate of drug-likeness (QED) is 0.456. The molecule has 5 nitrogen and oxygen atoms in total. The highest BCUT2D eigenvalue weighted by Gasteiger charge is 2.16. The molecule has 0 radical (unpaired) electrons. The van der Waals surface area contributed by atoms with Gasteiger partial charge in [-0.05, 0) is 67.2 Å². The zero-order valence-electron chi connectivity index (χ0n) is 15.4. The number of rotatable bonds is 4. The summed E-state index contributed by atoms with van der Waals surface area (Å²) in [6, 6.07) is 9.26. The Kier molecular flexibility index (Phi) is 7.92. The van der Waals surface area contributed by atoms with Crippen molar-refractivity contribution in [3.8, 4) is 0 Å². The van der Waals surface area contributed by atoms with E-state index in [4.69, 9.17) is 22.7 Å². The Morgan fingerprint density at radius 3 is 2.79 bits per heavy atom. The van der Waals surface area contributed by atoms with Crippen molar-refractivity contribution in [3.63, 3.8) is 0 Å². The maximum atomic E-state index is 12.4. The van der Waals surface area contributed by atoms with Gasteiger partial charge in [0.1, 0.15) is 5.69 Å². The fourth-order valence-electron chi connectivity index (χ4n) is 3.14. The number of pyridine rings is 1. The summed E-state index contributed by atoms with van der Waals surface area (Å²) in [5, 5.41) is 11.0. The van der Waals surface area contributed by atoms with Crippen molar-refractivity contribution in [1.29, 1.82) is 5.41 Å². The monoisotopic (exact) mass is 436 g/mol. The minimum atomic E-state index is -0.269. The lowest BCUT2D eigenvalue weighted by atomic mass is 9.97. The standard InChI is InChI=1S/C20H21ClN4OS.ClH/c1-12-14(11-27-20(22)23)4-2-3-13-5-7-16(9-17(12)13)25-19(26)18-8-6-15(21)10-24-18;/h5-10H,2-4,11H2,1H3,(H3,22,23)(H,25,26);1H. The number of fused-ring (bicyclic) bond motifs is 1. The number of hydrogen-bond acceptors (Lipinski definition) is 4. The molecule has 1 aliphatic rings. The van der Waals surface area contributed by atoms with E-state index < -0.39 is 0 Å². The van der Waals surface area contributed by atoms with Gasteiger partial charge in [0.2, 0.25) is 0 Å². The van der Waals surface area contributed by atoms with Crippen LogP contribution in [0.3, 0.4) is 0 Å². The molecule has 1 aliphatic carbocycles. The van der Waals surface area contributed by atoms with Crippen LogP contribution in [0.4, 0.5) is 5.69 Å². The molecule has 1 aromatic heterocycles. The minimum absolute atomic E-state index is 0. The van der Waals surface area contributed by atoms with E-state index in [2.05, 4.69) is 23.3 Å². The molecule has 2 aromatic rings. The van der Waals surface area contributed by atoms with Gasteiger partial charge in [-0.2, -0.15) is 0 Å². The summed E-state index contributed by atoms with van der Waals surface area (Å²) in [5.41, 5.74) is 11.5. The lowest BCUT2D eigenvalue weighted by Gasteiger charge is -2.13. The molecule has 148 valence electrons. The van der Waals surface area contributed by atoms with Gasteiger partial charge in [-0.15, -0.1) is 12.4 Å². The van der Waals surface area contributed by atoms with Crippen LogP contribution >= 0.6 is 35.8 Å². The van der Waals surface area contributed by atoms with E-state index in [9.17, 15) is 4.79 Å². The number of halogens is 2. The molecule has 28 heavy (non-hydrogen) atoms. The number of thioether (sulfide) groups is 1. The average Bonchev–Trinajstić information content (AvgIpc) is 2.79. The topological polar surface area (TPSA) is 91.9 Å². The number of anilines is 1. The predicted molar refractivity (Wildman–Crippen MR) is 121 cm³/mol. The highest BCUT2D eigenvalue weighted by Crippen LogP contribution is 2.33. The molecule has 0 saturated heterocycles. The first-order valence-corrected chi connectivity index (χ1v) is 10.0. The van der Waals surface area contributed by atoms with Gasteiger partial charge in [0.15, 0.2) is 5.17 Å². The van der Waals surface area contributed by atoms with Crippen molar-refractivity contribution in [2.75, 3.05) is 11.1 Å². The van der Waals surface area contributed by atoms with Crippen LogP contribution in [-0.2, 0) is 6.42 Å². The molecular weight excluding hydrogens is 415 g/mol. The lowest BCUT2D eigenvalue weighted by Crippen LogP contribution is -2.13. The lowest BCUT2D eigenvalue weighted by molar-refractivity contribution is 0.102. The molecule has 0 spiro atoms. The third kappa shape index (κ3) is 5.50. The van der Waals surface area contributed by atoms with Crippen LogP contribution in [0.5, 0.6) is 0 Å². The Morgan fingerprint density at radius 2 is 2.11 bits per heavy atom. The van der Waals surface area contributed by atoms with Crippen LogP contribution in [0.1, 0.15) is 41.4 Å². The van der Waals surface area contributed by atoms with Gasteiger partial charge in [0.25, 0.3) is 5.91 Å². The Labute approximate surface area is 180 Å². The van der Waals surface area contributed by atoms with Gasteiger partial charge < -0.3 is 11.1 Å². The van der Waals surface area contributed by atoms with E-state index in [1.807, 2.05) is 12.1 Å². The third-order valence-corrected chi connectivity index (χ3v) is 5.62. The number of aromatic nitrogens is 1. The van der Waals surface area contributed by atoms with Crippen LogP contribution in [0, 0.1) is 5.41 Å². The maximum absolute atomic E-state index is 12.4. The number of carbonyl (C=O) groups is 1. The number of aryl methyl sites for hydroxylation is 1. The summed E-state index contributed by atoms with van der Waals surface area (Å²) in [6.45, 7) is 2.10. The first kappa shape index (κ1) is 22.3. The highest BCUT2D eigenvalue weighted by molar-refractivity contribution is 8.13. The molecule has 0 atom stereocenters. The number of nitrogens with zero attached hydrogens (tertiary/aromatic N) is 1. The van der Waals surface area contributed by atoms with Crippen molar-refractivity contribution in [3.05, 3.63) is 63.9 Å². The van der Waals surface area contributed by atoms with E-state index in [0.29, 0.717) is 10.7 Å². The summed E-state index contributed by atoms with van der Waals surface area (Å²) >= 11 is 7.18. The number of carbonyl (C=O) groups excluding carboxylic acids is 1. The second kappa shape index (κ2) is 9.96. The molecule has 4 N–H and O–H groups in total. The summed E-state index contributed by atoms with van der Waals surface area (Å²) in [7, 11) is 0. The van der Waals surface area contributed by atoms with Crippen LogP contribution in [-0.4, -0.2) is 21.8 Å². The van der Waals surface area contributed by atoms with Gasteiger partial charge in [-0.1, -0.05) is 35.0 Å². The van der Waals surface area contributed by atoms with Crippen LogP contribution in [0.15, 0.2) is 42.1 Å². The summed E-state index contributed by atoms with van der Waals surface area (Å²) in [4.78, 5) is 16.5. The van der Waals surface area contributed by atoms with Crippen LogP contribution in [0.25, 0.3) is 5.57 Å². The first-order chi connectivity index (χ1) is 12.9. The highest BCUT2D eigenvalue weighted by atomic mass is 35.5. The number of benzene rings is 1. The van der Waals surface area contributed by atoms with E-state index in [0.717, 1.165) is 36.3 Å². The van der Waals surface area contributed by atoms with Crippen molar-refractivity contribution in [2.24, 2.45) is 5.73 Å². The average molecular weight is 437 g/mol. The number of allylic oxidation sites excluding steroid dienone is 1. The molecule has 1 heterocycles.